The van der Waals surface area contributed by atoms with Crippen LogP contribution < -0.4 is 10.6 Å². The summed E-state index contributed by atoms with van der Waals surface area (Å²) in [6, 6.07) is 10.1. The van der Waals surface area contributed by atoms with E-state index in [-0.39, 0.29) is 30.4 Å². The maximum Gasteiger partial charge on any atom is 0.410 e. The lowest BCUT2D eigenvalue weighted by molar-refractivity contribution is 0.00981. The number of piperidine rings is 1. The van der Waals surface area contributed by atoms with Crippen molar-refractivity contribution in [3.8, 4) is 0 Å². The van der Waals surface area contributed by atoms with Crippen LogP contribution in [0, 0.1) is 0 Å². The number of hydrogen-bond acceptors (Lipinski definition) is 12. The van der Waals surface area contributed by atoms with Gasteiger partial charge in [0.2, 0.25) is 5.95 Å². The molecule has 1 aliphatic heterocycles. The fraction of sp³-hybridized carbons (Fsp3) is 0.682. The summed E-state index contributed by atoms with van der Waals surface area (Å²) in [5.74, 6) is 1.90. The Balaban J connectivity index is 1.15. The van der Waals surface area contributed by atoms with Crippen LogP contribution in [0.4, 0.5) is 26.1 Å². The predicted molar refractivity (Wildman–Crippen MR) is 228 cm³/mol. The third kappa shape index (κ3) is 14.8. The first-order valence-electron chi connectivity index (χ1n) is 21.5. The third-order valence-corrected chi connectivity index (χ3v) is 10.1. The molecular formula is C44H68N8O7. The average Bonchev–Trinajstić information content (AvgIpc) is 3.61. The fourth-order valence-corrected chi connectivity index (χ4v) is 7.35. The van der Waals surface area contributed by atoms with Crippen LogP contribution in [-0.2, 0) is 27.2 Å². The van der Waals surface area contributed by atoms with Gasteiger partial charge in [0.1, 0.15) is 34.1 Å². The number of benzene rings is 1. The molecule has 1 saturated carbocycles. The molecule has 326 valence electrons. The summed E-state index contributed by atoms with van der Waals surface area (Å²) in [7, 11) is 0. The number of anilines is 2. The number of nitrogens with zero attached hydrogens (tertiary/aromatic N) is 6. The zero-order chi connectivity index (χ0) is 42.8. The molecule has 0 radical (unpaired) electrons. The molecule has 2 N–H and O–H groups in total. The number of amides is 3. The van der Waals surface area contributed by atoms with Gasteiger partial charge in [-0.2, -0.15) is 4.98 Å². The first-order valence-corrected chi connectivity index (χ1v) is 21.5. The Bertz CT molecular complexity index is 1830. The molecule has 15 heteroatoms. The van der Waals surface area contributed by atoms with Gasteiger partial charge in [-0.05, 0) is 113 Å². The molecule has 3 heterocycles. The minimum absolute atomic E-state index is 0.137. The molecule has 3 aromatic rings. The number of ether oxygens (including phenoxy) is 3. The number of rotatable bonds is 14. The molecule has 5 rings (SSSR count). The lowest BCUT2D eigenvalue weighted by Gasteiger charge is -2.36. The fourth-order valence-electron chi connectivity index (χ4n) is 7.35. The molecule has 1 aromatic carbocycles. The van der Waals surface area contributed by atoms with Crippen LogP contribution in [0.3, 0.4) is 0 Å². The van der Waals surface area contributed by atoms with Crippen molar-refractivity contribution in [2.24, 2.45) is 0 Å². The van der Waals surface area contributed by atoms with Gasteiger partial charge in [0.15, 0.2) is 0 Å². The molecule has 2 fully saturated rings. The Hall–Kier alpha value is -4.82. The first-order chi connectivity index (χ1) is 27.8. The van der Waals surface area contributed by atoms with Gasteiger partial charge >= 0.3 is 18.3 Å². The Morgan fingerprint density at radius 2 is 1.44 bits per heavy atom. The first kappa shape index (κ1) is 45.3. The second kappa shape index (κ2) is 20.0. The van der Waals surface area contributed by atoms with Crippen molar-refractivity contribution in [1.82, 2.24) is 29.8 Å². The van der Waals surface area contributed by atoms with Gasteiger partial charge in [0, 0.05) is 62.7 Å². The van der Waals surface area contributed by atoms with Gasteiger partial charge in [-0.15, -0.1) is 0 Å². The highest BCUT2D eigenvalue weighted by Gasteiger charge is 2.31. The summed E-state index contributed by atoms with van der Waals surface area (Å²) in [6.07, 6.45) is 7.74. The van der Waals surface area contributed by atoms with E-state index in [0.717, 1.165) is 55.2 Å². The van der Waals surface area contributed by atoms with E-state index in [4.69, 9.17) is 28.7 Å². The van der Waals surface area contributed by atoms with Crippen LogP contribution in [-0.4, -0.2) is 110 Å². The Morgan fingerprint density at radius 1 is 0.797 bits per heavy atom. The van der Waals surface area contributed by atoms with Crippen molar-refractivity contribution in [1.29, 1.82) is 0 Å². The maximum atomic E-state index is 13.3. The van der Waals surface area contributed by atoms with Gasteiger partial charge < -0.3 is 44.1 Å². The molecular weight excluding hydrogens is 753 g/mol. The normalized spacial score (nSPS) is 15.8. The van der Waals surface area contributed by atoms with Crippen molar-refractivity contribution in [2.75, 3.05) is 43.4 Å². The molecule has 0 atom stereocenters. The van der Waals surface area contributed by atoms with Gasteiger partial charge in [-0.1, -0.05) is 36.6 Å². The molecule has 59 heavy (non-hydrogen) atoms. The summed E-state index contributed by atoms with van der Waals surface area (Å²) in [5, 5.41) is 12.1. The summed E-state index contributed by atoms with van der Waals surface area (Å²) >= 11 is 0. The predicted octanol–water partition coefficient (Wildman–Crippen LogP) is 9.17. The van der Waals surface area contributed by atoms with Gasteiger partial charge in [0.25, 0.3) is 0 Å². The SMILES string of the molecule is CC(C)(C)OC(=O)N(CCCc1cc(CNc2nc(NC3CCN(C(=O)OC(C)(C)C)CC3)c3ccccc3n2)no1)CCCN(C(=O)OC(C)(C)C)C1CCCCC1. The van der Waals surface area contributed by atoms with Crippen molar-refractivity contribution in [3.05, 3.63) is 41.8 Å². The van der Waals surface area contributed by atoms with E-state index in [1.807, 2.05) is 97.5 Å². The molecule has 2 aliphatic rings. The number of aryl methyl sites for hydroxylation is 1. The molecule has 0 bridgehead atoms. The second-order valence-corrected chi connectivity index (χ2v) is 18.8. The van der Waals surface area contributed by atoms with Crippen LogP contribution in [0.5, 0.6) is 0 Å². The van der Waals surface area contributed by atoms with Crippen LogP contribution in [0.25, 0.3) is 10.9 Å². The smallest absolute Gasteiger partial charge is 0.410 e. The number of likely N-dealkylation sites (tertiary alicyclic amines) is 1. The molecule has 0 spiro atoms. The zero-order valence-electron chi connectivity index (χ0n) is 36.9. The van der Waals surface area contributed by atoms with Crippen molar-refractivity contribution < 1.29 is 33.1 Å². The highest BCUT2D eigenvalue weighted by molar-refractivity contribution is 5.90. The molecule has 3 amide bonds. The third-order valence-electron chi connectivity index (χ3n) is 10.1. The average molecular weight is 821 g/mol. The van der Waals surface area contributed by atoms with E-state index in [9.17, 15) is 14.4 Å². The highest BCUT2D eigenvalue weighted by atomic mass is 16.6. The number of para-hydroxylation sites is 1. The summed E-state index contributed by atoms with van der Waals surface area (Å²) in [4.78, 5) is 54.2. The Labute approximate surface area is 350 Å². The quantitative estimate of drug-likeness (QED) is 0.148. The largest absolute Gasteiger partial charge is 0.444 e. The van der Waals surface area contributed by atoms with Crippen LogP contribution in [0.1, 0.15) is 132 Å². The Kier molecular flexibility index (Phi) is 15.3. The second-order valence-electron chi connectivity index (χ2n) is 18.8. The number of carbonyl (C=O) groups is 3. The van der Waals surface area contributed by atoms with Crippen molar-refractivity contribution >= 4 is 40.9 Å². The van der Waals surface area contributed by atoms with Crippen LogP contribution >= 0.6 is 0 Å². The zero-order valence-corrected chi connectivity index (χ0v) is 36.9. The lowest BCUT2D eigenvalue weighted by atomic mass is 9.94. The van der Waals surface area contributed by atoms with Crippen LogP contribution in [0.2, 0.25) is 0 Å². The lowest BCUT2D eigenvalue weighted by Crippen LogP contribution is -2.46. The maximum absolute atomic E-state index is 13.3. The van der Waals surface area contributed by atoms with E-state index >= 15 is 0 Å². The number of hydrogen-bond donors (Lipinski definition) is 2. The van der Waals surface area contributed by atoms with Crippen LogP contribution in [0.15, 0.2) is 34.9 Å². The summed E-state index contributed by atoms with van der Waals surface area (Å²) in [6.45, 7) is 19.8. The van der Waals surface area contributed by atoms with E-state index in [1.54, 1.807) is 9.80 Å². The molecule has 1 saturated heterocycles. The minimum Gasteiger partial charge on any atom is -0.444 e. The van der Waals surface area contributed by atoms with E-state index in [2.05, 4.69) is 15.8 Å². The van der Waals surface area contributed by atoms with Gasteiger partial charge in [-0.25, -0.2) is 19.4 Å². The monoisotopic (exact) mass is 821 g/mol. The van der Waals surface area contributed by atoms with Crippen molar-refractivity contribution in [2.45, 2.75) is 162 Å². The number of nitrogens with one attached hydrogen (secondary N) is 2. The molecule has 0 unspecified atom stereocenters. The summed E-state index contributed by atoms with van der Waals surface area (Å²) in [5.41, 5.74) is -0.242. The standard InChI is InChI=1S/C44H68N8O7/c1-42(2,3)56-39(53)50(25-16-26-52(33-17-11-10-12-18-33)41(55)58-44(7,8)9)24-15-19-34-29-32(49-59-34)30-45-38-47-36-21-14-13-20-35(36)37(48-38)46-31-22-27-51(28-23-31)40(54)57-43(4,5)6/h13-14,20-21,29,31,33H,10-12,15-19,22-28,30H2,1-9H3,(H2,45,46,47,48). The molecule has 1 aliphatic carbocycles. The number of fused-ring (bicyclic) bond motifs is 1. The summed E-state index contributed by atoms with van der Waals surface area (Å²) < 4.78 is 22.8. The van der Waals surface area contributed by atoms with Crippen molar-refractivity contribution in [3.63, 3.8) is 0 Å². The van der Waals surface area contributed by atoms with E-state index < -0.39 is 16.8 Å². The highest BCUT2D eigenvalue weighted by Crippen LogP contribution is 2.27. The number of carbonyl (C=O) groups excluding carboxylic acids is 3. The molecule has 15 nitrogen and oxygen atoms in total. The molecule has 2 aromatic heterocycles. The van der Waals surface area contributed by atoms with Gasteiger partial charge in [0.05, 0.1) is 12.1 Å². The van der Waals surface area contributed by atoms with E-state index in [1.165, 1.54) is 6.42 Å². The topological polar surface area (TPSA) is 164 Å². The number of aromatic nitrogens is 3. The van der Waals surface area contributed by atoms with Gasteiger partial charge in [-0.3, -0.25) is 0 Å². The van der Waals surface area contributed by atoms with E-state index in [0.29, 0.717) is 75.9 Å². The minimum atomic E-state index is -0.639. The Morgan fingerprint density at radius 3 is 2.12 bits per heavy atom.